The SMILES string of the molecule is NC(c1cccnc1)c1ccn2c1NCC2. The number of fused-ring (bicyclic) bond motifs is 1. The first kappa shape index (κ1) is 9.42. The van der Waals surface area contributed by atoms with Gasteiger partial charge < -0.3 is 15.6 Å². The first-order chi connectivity index (χ1) is 7.86. The van der Waals surface area contributed by atoms with Crippen molar-refractivity contribution in [3.63, 3.8) is 0 Å². The Kier molecular flexibility index (Phi) is 2.15. The highest BCUT2D eigenvalue weighted by Crippen LogP contribution is 2.29. The van der Waals surface area contributed by atoms with Crippen LogP contribution in [0.25, 0.3) is 0 Å². The van der Waals surface area contributed by atoms with Gasteiger partial charge >= 0.3 is 0 Å². The quantitative estimate of drug-likeness (QED) is 0.793. The first-order valence-electron chi connectivity index (χ1n) is 5.44. The zero-order valence-electron chi connectivity index (χ0n) is 8.93. The van der Waals surface area contributed by atoms with Crippen molar-refractivity contribution in [2.75, 3.05) is 11.9 Å². The molecule has 0 fully saturated rings. The predicted octanol–water partition coefficient (Wildman–Crippen LogP) is 1.36. The van der Waals surface area contributed by atoms with Crippen LogP contribution in [0.2, 0.25) is 0 Å². The highest BCUT2D eigenvalue weighted by molar-refractivity contribution is 5.52. The first-order valence-corrected chi connectivity index (χ1v) is 5.44. The zero-order chi connectivity index (χ0) is 11.0. The molecule has 1 aliphatic rings. The van der Waals surface area contributed by atoms with E-state index in [0.29, 0.717) is 0 Å². The topological polar surface area (TPSA) is 55.9 Å². The highest BCUT2D eigenvalue weighted by atomic mass is 15.2. The number of anilines is 1. The van der Waals surface area contributed by atoms with Crippen LogP contribution in [-0.4, -0.2) is 16.1 Å². The third kappa shape index (κ3) is 1.39. The average molecular weight is 214 g/mol. The Bertz CT molecular complexity index is 489. The maximum Gasteiger partial charge on any atom is 0.111 e. The summed E-state index contributed by atoms with van der Waals surface area (Å²) in [5.74, 6) is 1.15. The van der Waals surface area contributed by atoms with Gasteiger partial charge in [0, 0.05) is 37.2 Å². The molecule has 2 aromatic heterocycles. The summed E-state index contributed by atoms with van der Waals surface area (Å²) in [6.45, 7) is 2.01. The summed E-state index contributed by atoms with van der Waals surface area (Å²) in [5.41, 5.74) is 8.43. The fraction of sp³-hybridized carbons (Fsp3) is 0.250. The average Bonchev–Trinajstić information content (AvgIpc) is 2.91. The Morgan fingerprint density at radius 2 is 2.38 bits per heavy atom. The van der Waals surface area contributed by atoms with Crippen molar-refractivity contribution in [2.24, 2.45) is 5.73 Å². The second-order valence-corrected chi connectivity index (χ2v) is 4.00. The zero-order valence-corrected chi connectivity index (χ0v) is 8.93. The van der Waals surface area contributed by atoms with E-state index in [-0.39, 0.29) is 6.04 Å². The van der Waals surface area contributed by atoms with Crippen LogP contribution < -0.4 is 11.1 Å². The minimum Gasteiger partial charge on any atom is -0.369 e. The van der Waals surface area contributed by atoms with Gasteiger partial charge in [-0.05, 0) is 17.7 Å². The van der Waals surface area contributed by atoms with Crippen molar-refractivity contribution in [1.82, 2.24) is 9.55 Å². The predicted molar refractivity (Wildman–Crippen MR) is 63.2 cm³/mol. The van der Waals surface area contributed by atoms with E-state index in [1.807, 2.05) is 18.3 Å². The van der Waals surface area contributed by atoms with Gasteiger partial charge in [-0.15, -0.1) is 0 Å². The third-order valence-electron chi connectivity index (χ3n) is 3.02. The minimum atomic E-state index is -0.101. The Labute approximate surface area is 94.1 Å². The van der Waals surface area contributed by atoms with Crippen molar-refractivity contribution >= 4 is 5.82 Å². The number of nitrogens with zero attached hydrogens (tertiary/aromatic N) is 2. The number of hydrogen-bond acceptors (Lipinski definition) is 3. The van der Waals surface area contributed by atoms with Gasteiger partial charge in [-0.2, -0.15) is 0 Å². The Morgan fingerprint density at radius 1 is 1.44 bits per heavy atom. The molecule has 0 saturated heterocycles. The van der Waals surface area contributed by atoms with Crippen LogP contribution in [0.4, 0.5) is 5.82 Å². The molecular weight excluding hydrogens is 200 g/mol. The smallest absolute Gasteiger partial charge is 0.111 e. The lowest BCUT2D eigenvalue weighted by molar-refractivity contribution is 0.808. The normalized spacial score (nSPS) is 15.6. The fourth-order valence-electron chi connectivity index (χ4n) is 2.16. The van der Waals surface area contributed by atoms with Crippen LogP contribution in [0.15, 0.2) is 36.8 Å². The van der Waals surface area contributed by atoms with Gasteiger partial charge in [0.25, 0.3) is 0 Å². The van der Waals surface area contributed by atoms with Crippen molar-refractivity contribution < 1.29 is 0 Å². The maximum absolute atomic E-state index is 6.24. The molecule has 0 aromatic carbocycles. The van der Waals surface area contributed by atoms with Crippen LogP contribution in [0, 0.1) is 0 Å². The summed E-state index contributed by atoms with van der Waals surface area (Å²) in [5, 5.41) is 3.36. The molecule has 16 heavy (non-hydrogen) atoms. The van der Waals surface area contributed by atoms with E-state index in [2.05, 4.69) is 27.1 Å². The van der Waals surface area contributed by atoms with Crippen molar-refractivity contribution in [3.8, 4) is 0 Å². The third-order valence-corrected chi connectivity index (χ3v) is 3.02. The lowest BCUT2D eigenvalue weighted by Crippen LogP contribution is -2.13. The molecule has 1 aliphatic heterocycles. The van der Waals surface area contributed by atoms with Crippen molar-refractivity contribution in [2.45, 2.75) is 12.6 Å². The molecule has 0 radical (unpaired) electrons. The van der Waals surface area contributed by atoms with Crippen LogP contribution in [-0.2, 0) is 6.54 Å². The van der Waals surface area contributed by atoms with Crippen LogP contribution >= 0.6 is 0 Å². The summed E-state index contributed by atoms with van der Waals surface area (Å²) < 4.78 is 2.20. The van der Waals surface area contributed by atoms with Crippen LogP contribution in [0.1, 0.15) is 17.2 Å². The Balaban J connectivity index is 1.98. The van der Waals surface area contributed by atoms with E-state index in [1.165, 1.54) is 0 Å². The van der Waals surface area contributed by atoms with E-state index in [1.54, 1.807) is 6.20 Å². The molecular formula is C12H14N4. The Morgan fingerprint density at radius 3 is 3.19 bits per heavy atom. The van der Waals surface area contributed by atoms with Gasteiger partial charge in [-0.3, -0.25) is 4.98 Å². The Hall–Kier alpha value is -1.81. The number of hydrogen-bond donors (Lipinski definition) is 2. The molecule has 3 heterocycles. The molecule has 3 rings (SSSR count). The molecule has 0 amide bonds. The summed E-state index contributed by atoms with van der Waals surface area (Å²) in [4.78, 5) is 4.10. The van der Waals surface area contributed by atoms with Gasteiger partial charge in [0.1, 0.15) is 5.82 Å². The number of pyridine rings is 1. The summed E-state index contributed by atoms with van der Waals surface area (Å²) >= 11 is 0. The van der Waals surface area contributed by atoms with Crippen LogP contribution in [0.5, 0.6) is 0 Å². The van der Waals surface area contributed by atoms with Gasteiger partial charge in [0.2, 0.25) is 0 Å². The lowest BCUT2D eigenvalue weighted by atomic mass is 10.0. The largest absolute Gasteiger partial charge is 0.369 e. The van der Waals surface area contributed by atoms with Crippen LogP contribution in [0.3, 0.4) is 0 Å². The summed E-state index contributed by atoms with van der Waals surface area (Å²) in [7, 11) is 0. The highest BCUT2D eigenvalue weighted by Gasteiger charge is 2.19. The summed E-state index contributed by atoms with van der Waals surface area (Å²) in [6, 6.07) is 5.91. The number of nitrogens with one attached hydrogen (secondary N) is 1. The molecule has 0 spiro atoms. The monoisotopic (exact) mass is 214 g/mol. The lowest BCUT2D eigenvalue weighted by Gasteiger charge is -2.12. The number of rotatable bonds is 2. The fourth-order valence-corrected chi connectivity index (χ4v) is 2.16. The minimum absolute atomic E-state index is 0.101. The van der Waals surface area contributed by atoms with Gasteiger partial charge in [-0.25, -0.2) is 0 Å². The number of nitrogens with two attached hydrogens (primary N) is 1. The molecule has 3 N–H and O–H groups in total. The standard InChI is InChI=1S/C12H14N4/c13-11(9-2-1-4-14-8-9)10-3-6-16-7-5-15-12(10)16/h1-4,6,8,11,15H,5,7,13H2. The van der Waals surface area contributed by atoms with Gasteiger partial charge in [0.15, 0.2) is 0 Å². The van der Waals surface area contributed by atoms with E-state index in [0.717, 1.165) is 30.0 Å². The molecule has 0 bridgehead atoms. The van der Waals surface area contributed by atoms with E-state index >= 15 is 0 Å². The van der Waals surface area contributed by atoms with E-state index < -0.39 is 0 Å². The van der Waals surface area contributed by atoms with Gasteiger partial charge in [0.05, 0.1) is 6.04 Å². The second-order valence-electron chi connectivity index (χ2n) is 4.00. The molecule has 4 nitrogen and oxygen atoms in total. The van der Waals surface area contributed by atoms with E-state index in [9.17, 15) is 0 Å². The molecule has 2 aromatic rings. The van der Waals surface area contributed by atoms with E-state index in [4.69, 9.17) is 5.73 Å². The summed E-state index contributed by atoms with van der Waals surface area (Å²) in [6.07, 6.45) is 5.67. The molecule has 4 heteroatoms. The molecule has 1 unspecified atom stereocenters. The molecule has 0 aliphatic carbocycles. The number of aromatic nitrogens is 2. The maximum atomic E-state index is 6.24. The molecule has 82 valence electrons. The molecule has 0 saturated carbocycles. The van der Waals surface area contributed by atoms with Crippen molar-refractivity contribution in [3.05, 3.63) is 47.9 Å². The molecule has 1 atom stereocenters. The van der Waals surface area contributed by atoms with Gasteiger partial charge in [-0.1, -0.05) is 6.07 Å². The second kappa shape index (κ2) is 3.64. The van der Waals surface area contributed by atoms with Crippen molar-refractivity contribution in [1.29, 1.82) is 0 Å².